The predicted octanol–water partition coefficient (Wildman–Crippen LogP) is 0.932. The number of aliphatic carboxylic acids is 1. The highest BCUT2D eigenvalue weighted by atomic mass is 16.4. The fourth-order valence-electron chi connectivity index (χ4n) is 2.57. The van der Waals surface area contributed by atoms with E-state index in [4.69, 9.17) is 0 Å². The number of carboxylic acids is 1. The first kappa shape index (κ1) is 15.0. The molecule has 1 atom stereocenters. The average Bonchev–Trinajstić information content (AvgIpc) is 2.90. The maximum absolute atomic E-state index is 11.2. The average molecular weight is 280 g/mol. The molecular weight excluding hydrogens is 256 g/mol. The molecule has 6 nitrogen and oxygen atoms in total. The van der Waals surface area contributed by atoms with Crippen molar-refractivity contribution in [2.24, 2.45) is 0 Å². The molecule has 20 heavy (non-hydrogen) atoms. The molecule has 0 bridgehead atoms. The van der Waals surface area contributed by atoms with E-state index >= 15 is 0 Å². The number of unbranched alkanes of at least 4 members (excludes halogenated alkanes) is 1. The minimum absolute atomic E-state index is 0.654. The van der Waals surface area contributed by atoms with E-state index in [1.54, 1.807) is 14.0 Å². The van der Waals surface area contributed by atoms with Crippen molar-refractivity contribution in [2.75, 3.05) is 20.1 Å². The first-order valence-electron chi connectivity index (χ1n) is 7.20. The molecule has 1 aromatic rings. The van der Waals surface area contributed by atoms with Crippen LogP contribution in [-0.2, 0) is 17.9 Å². The van der Waals surface area contributed by atoms with Crippen LogP contribution in [0.3, 0.4) is 0 Å². The first-order valence-corrected chi connectivity index (χ1v) is 7.20. The monoisotopic (exact) mass is 280 g/mol. The van der Waals surface area contributed by atoms with Crippen LogP contribution in [0.2, 0.25) is 0 Å². The van der Waals surface area contributed by atoms with Gasteiger partial charge >= 0.3 is 5.97 Å². The Kier molecular flexibility index (Phi) is 4.77. The van der Waals surface area contributed by atoms with Gasteiger partial charge in [-0.3, -0.25) is 9.69 Å². The molecule has 2 rings (SSSR count). The summed E-state index contributed by atoms with van der Waals surface area (Å²) in [5, 5.41) is 12.1. The zero-order valence-corrected chi connectivity index (χ0v) is 12.3. The number of nitrogens with zero attached hydrogens (tertiary/aromatic N) is 3. The molecule has 1 aliphatic heterocycles. The van der Waals surface area contributed by atoms with Crippen molar-refractivity contribution in [1.82, 2.24) is 19.8 Å². The number of carbonyl (C=O) groups is 1. The Labute approximate surface area is 119 Å². The van der Waals surface area contributed by atoms with Crippen LogP contribution in [0, 0.1) is 0 Å². The molecule has 0 spiro atoms. The molecule has 112 valence electrons. The lowest BCUT2D eigenvalue weighted by atomic mass is 9.95. The summed E-state index contributed by atoms with van der Waals surface area (Å²) >= 11 is 0. The van der Waals surface area contributed by atoms with Crippen molar-refractivity contribution in [2.45, 2.75) is 44.8 Å². The smallest absolute Gasteiger partial charge is 0.323 e. The van der Waals surface area contributed by atoms with Gasteiger partial charge < -0.3 is 15.0 Å². The third kappa shape index (κ3) is 3.37. The molecule has 6 heteroatoms. The minimum atomic E-state index is -0.807. The minimum Gasteiger partial charge on any atom is -0.480 e. The number of fused-ring (bicyclic) bond motifs is 1. The second-order valence-electron chi connectivity index (χ2n) is 5.66. The zero-order chi connectivity index (χ0) is 14.6. The van der Waals surface area contributed by atoms with Crippen molar-refractivity contribution >= 4 is 5.97 Å². The Morgan fingerprint density at radius 2 is 2.30 bits per heavy atom. The summed E-state index contributed by atoms with van der Waals surface area (Å²) in [6.45, 7) is 5.69. The van der Waals surface area contributed by atoms with Crippen molar-refractivity contribution in [3.05, 3.63) is 18.2 Å². The van der Waals surface area contributed by atoms with Crippen LogP contribution in [-0.4, -0.2) is 51.2 Å². The van der Waals surface area contributed by atoms with E-state index in [-0.39, 0.29) is 0 Å². The molecule has 2 heterocycles. The lowest BCUT2D eigenvalue weighted by Crippen LogP contribution is -2.47. The summed E-state index contributed by atoms with van der Waals surface area (Å²) in [7, 11) is 1.71. The summed E-state index contributed by atoms with van der Waals surface area (Å²) in [6, 6.07) is 0. The van der Waals surface area contributed by atoms with Gasteiger partial charge in [0, 0.05) is 25.5 Å². The molecule has 0 fully saturated rings. The van der Waals surface area contributed by atoms with Gasteiger partial charge in [0.2, 0.25) is 0 Å². The van der Waals surface area contributed by atoms with E-state index in [1.807, 2.05) is 12.4 Å². The Balaban J connectivity index is 1.71. The highest BCUT2D eigenvalue weighted by Crippen LogP contribution is 2.15. The van der Waals surface area contributed by atoms with E-state index in [9.17, 15) is 9.90 Å². The molecule has 0 radical (unpaired) electrons. The number of likely N-dealkylation sites (N-methyl/N-ethyl adjacent to an activating group) is 1. The van der Waals surface area contributed by atoms with Crippen LogP contribution in [0.4, 0.5) is 0 Å². The third-order valence-corrected chi connectivity index (χ3v) is 4.25. The Morgan fingerprint density at radius 1 is 1.50 bits per heavy atom. The van der Waals surface area contributed by atoms with Gasteiger partial charge in [-0.2, -0.15) is 0 Å². The van der Waals surface area contributed by atoms with Crippen LogP contribution in [0.25, 0.3) is 0 Å². The van der Waals surface area contributed by atoms with Gasteiger partial charge in [0.25, 0.3) is 0 Å². The fourth-order valence-corrected chi connectivity index (χ4v) is 2.57. The second kappa shape index (κ2) is 6.37. The lowest BCUT2D eigenvalue weighted by molar-refractivity contribution is -0.144. The van der Waals surface area contributed by atoms with Gasteiger partial charge in [-0.15, -0.1) is 0 Å². The number of hydrogen-bond acceptors (Lipinski definition) is 4. The van der Waals surface area contributed by atoms with Crippen molar-refractivity contribution in [3.63, 3.8) is 0 Å². The van der Waals surface area contributed by atoms with Crippen LogP contribution in [0.15, 0.2) is 12.4 Å². The van der Waals surface area contributed by atoms with Gasteiger partial charge in [0.15, 0.2) is 0 Å². The SMILES string of the molecule is CNC(C)(CCCCN1CCn2ccnc2C1)C(=O)O. The Bertz CT molecular complexity index is 460. The van der Waals surface area contributed by atoms with Gasteiger partial charge in [-0.1, -0.05) is 0 Å². The highest BCUT2D eigenvalue weighted by molar-refractivity contribution is 5.78. The number of rotatable bonds is 7. The topological polar surface area (TPSA) is 70.4 Å². The summed E-state index contributed by atoms with van der Waals surface area (Å²) in [6.07, 6.45) is 6.46. The van der Waals surface area contributed by atoms with Crippen LogP contribution < -0.4 is 5.32 Å². The molecule has 0 aliphatic carbocycles. The molecule has 0 aromatic carbocycles. The first-order chi connectivity index (χ1) is 9.55. The number of carboxylic acid groups (broad SMARTS) is 1. The van der Waals surface area contributed by atoms with Crippen molar-refractivity contribution in [3.8, 4) is 0 Å². The van der Waals surface area contributed by atoms with Crippen LogP contribution >= 0.6 is 0 Å². The molecule has 1 unspecified atom stereocenters. The molecular formula is C14H24N4O2. The molecule has 1 aromatic heterocycles. The van der Waals surface area contributed by atoms with E-state index in [0.29, 0.717) is 6.42 Å². The van der Waals surface area contributed by atoms with E-state index < -0.39 is 11.5 Å². The molecule has 1 aliphatic rings. The number of aromatic nitrogens is 2. The zero-order valence-electron chi connectivity index (χ0n) is 12.3. The summed E-state index contributed by atoms with van der Waals surface area (Å²) in [4.78, 5) is 17.9. The maximum atomic E-state index is 11.2. The largest absolute Gasteiger partial charge is 0.480 e. The summed E-state index contributed by atoms with van der Waals surface area (Å²) in [5.74, 6) is 0.349. The highest BCUT2D eigenvalue weighted by Gasteiger charge is 2.30. The van der Waals surface area contributed by atoms with Crippen LogP contribution in [0.1, 0.15) is 32.0 Å². The number of hydrogen-bond donors (Lipinski definition) is 2. The van der Waals surface area contributed by atoms with Gasteiger partial charge in [0.05, 0.1) is 6.54 Å². The second-order valence-corrected chi connectivity index (χ2v) is 5.66. The Hall–Kier alpha value is -1.40. The maximum Gasteiger partial charge on any atom is 0.323 e. The van der Waals surface area contributed by atoms with Crippen molar-refractivity contribution in [1.29, 1.82) is 0 Å². The summed E-state index contributed by atoms with van der Waals surface area (Å²) < 4.78 is 2.19. The van der Waals surface area contributed by atoms with Gasteiger partial charge in [0.1, 0.15) is 11.4 Å². The molecule has 0 saturated heterocycles. The molecule has 0 saturated carbocycles. The third-order valence-electron chi connectivity index (χ3n) is 4.25. The number of nitrogens with one attached hydrogen (secondary N) is 1. The van der Waals surface area contributed by atoms with Crippen molar-refractivity contribution < 1.29 is 9.90 Å². The van der Waals surface area contributed by atoms with Gasteiger partial charge in [-0.05, 0) is 39.8 Å². The van der Waals surface area contributed by atoms with Crippen LogP contribution in [0.5, 0.6) is 0 Å². The number of imidazole rings is 1. The molecule has 2 N–H and O–H groups in total. The fraction of sp³-hybridized carbons (Fsp3) is 0.714. The Morgan fingerprint density at radius 3 is 3.00 bits per heavy atom. The molecule has 0 amide bonds. The predicted molar refractivity (Wildman–Crippen MR) is 76.5 cm³/mol. The van der Waals surface area contributed by atoms with Gasteiger partial charge in [-0.25, -0.2) is 4.98 Å². The quantitative estimate of drug-likeness (QED) is 0.727. The van der Waals surface area contributed by atoms with E-state index in [1.165, 1.54) is 0 Å². The standard InChI is InChI=1S/C14H24N4O2/c1-14(15-2,13(19)20)5-3-4-7-17-9-10-18-8-6-16-12(18)11-17/h6,8,15H,3-5,7,9-11H2,1-2H3,(H,19,20). The van der Waals surface area contributed by atoms with E-state index in [0.717, 1.165) is 44.8 Å². The lowest BCUT2D eigenvalue weighted by Gasteiger charge is -2.28. The summed E-state index contributed by atoms with van der Waals surface area (Å²) in [5.41, 5.74) is -0.807. The normalized spacial score (nSPS) is 18.5. The van der Waals surface area contributed by atoms with E-state index in [2.05, 4.69) is 19.8 Å².